The molecule has 0 spiro atoms. The van der Waals surface area contributed by atoms with Crippen molar-refractivity contribution in [3.8, 4) is 0 Å². The number of ether oxygens (including phenoxy) is 1. The topological polar surface area (TPSA) is 21.3 Å². The van der Waals surface area contributed by atoms with Crippen molar-refractivity contribution in [1.82, 2.24) is 5.32 Å². The molecule has 0 saturated carbocycles. The predicted octanol–water partition coefficient (Wildman–Crippen LogP) is 4.17. The van der Waals surface area contributed by atoms with Crippen molar-refractivity contribution in [1.29, 1.82) is 0 Å². The third kappa shape index (κ3) is 5.13. The minimum absolute atomic E-state index is 0.293. The highest BCUT2D eigenvalue weighted by Crippen LogP contribution is 2.35. The number of hydrogen-bond acceptors (Lipinski definition) is 2. The Balaban J connectivity index is 2.85. The smallest absolute Gasteiger partial charge is 0.381 e. The fraction of sp³-hybridized carbons (Fsp3) is 0.600. The molecule has 0 aliphatic rings. The molecule has 0 bridgehead atoms. The molecule has 2 nitrogen and oxygen atoms in total. The predicted molar refractivity (Wildman–Crippen MR) is 73.6 cm³/mol. The van der Waals surface area contributed by atoms with Crippen molar-refractivity contribution >= 4 is 0 Å². The number of alkyl halides is 3. The van der Waals surface area contributed by atoms with Gasteiger partial charge in [-0.25, -0.2) is 0 Å². The molecule has 1 atom stereocenters. The van der Waals surface area contributed by atoms with E-state index in [2.05, 4.69) is 5.32 Å². The van der Waals surface area contributed by atoms with E-state index in [4.69, 9.17) is 4.74 Å². The van der Waals surface area contributed by atoms with Crippen LogP contribution >= 0.6 is 0 Å². The lowest BCUT2D eigenvalue weighted by Crippen LogP contribution is -2.25. The summed E-state index contributed by atoms with van der Waals surface area (Å²) >= 11 is 0. The van der Waals surface area contributed by atoms with Crippen molar-refractivity contribution in [2.24, 2.45) is 0 Å². The molecule has 20 heavy (non-hydrogen) atoms. The molecule has 0 aliphatic heterocycles. The van der Waals surface area contributed by atoms with Crippen LogP contribution in [0.25, 0.3) is 0 Å². The largest absolute Gasteiger partial charge is 0.416 e. The molecule has 0 heterocycles. The Labute approximate surface area is 118 Å². The van der Waals surface area contributed by atoms with Gasteiger partial charge in [-0.1, -0.05) is 32.0 Å². The number of benzene rings is 1. The van der Waals surface area contributed by atoms with Gasteiger partial charge in [0.15, 0.2) is 0 Å². The maximum atomic E-state index is 13.0. The average molecular weight is 289 g/mol. The lowest BCUT2D eigenvalue weighted by atomic mass is 9.97. The monoisotopic (exact) mass is 289 g/mol. The molecule has 1 rings (SSSR count). The van der Waals surface area contributed by atoms with Crippen molar-refractivity contribution in [2.45, 2.75) is 38.9 Å². The summed E-state index contributed by atoms with van der Waals surface area (Å²) in [4.78, 5) is 0. The van der Waals surface area contributed by atoms with Crippen molar-refractivity contribution < 1.29 is 17.9 Å². The summed E-state index contributed by atoms with van der Waals surface area (Å²) in [5.74, 6) is 0. The zero-order valence-corrected chi connectivity index (χ0v) is 12.0. The van der Waals surface area contributed by atoms with E-state index in [1.54, 1.807) is 6.07 Å². The summed E-state index contributed by atoms with van der Waals surface area (Å²) in [5.41, 5.74) is -0.275. The standard InChI is InChI=1S/C15H22F3NO/c1-3-10-20-11-9-14(19-4-2)12-7-5-6-8-13(12)15(16,17)18/h5-8,14,19H,3-4,9-11H2,1-2H3. The van der Waals surface area contributed by atoms with Gasteiger partial charge in [0.25, 0.3) is 0 Å². The van der Waals surface area contributed by atoms with Crippen molar-refractivity contribution in [3.05, 3.63) is 35.4 Å². The first kappa shape index (κ1) is 17.0. The number of halogens is 3. The van der Waals surface area contributed by atoms with Gasteiger partial charge in [0.1, 0.15) is 0 Å². The molecule has 0 radical (unpaired) electrons. The zero-order chi connectivity index (χ0) is 15.0. The Morgan fingerprint density at radius 3 is 2.45 bits per heavy atom. The van der Waals surface area contributed by atoms with E-state index in [9.17, 15) is 13.2 Å². The quantitative estimate of drug-likeness (QED) is 0.725. The Kier molecular flexibility index (Phi) is 7.02. The molecule has 0 saturated heterocycles. The van der Waals surface area contributed by atoms with Crippen LogP contribution < -0.4 is 5.32 Å². The van der Waals surface area contributed by atoms with E-state index in [1.807, 2.05) is 13.8 Å². The summed E-state index contributed by atoms with van der Waals surface area (Å²) in [6.45, 7) is 5.60. The van der Waals surface area contributed by atoms with Crippen molar-refractivity contribution in [3.63, 3.8) is 0 Å². The van der Waals surface area contributed by atoms with Crippen LogP contribution in [-0.2, 0) is 10.9 Å². The van der Waals surface area contributed by atoms with Gasteiger partial charge in [0, 0.05) is 19.3 Å². The van der Waals surface area contributed by atoms with Crippen LogP contribution in [0.1, 0.15) is 43.9 Å². The second-order valence-corrected chi connectivity index (χ2v) is 4.60. The van der Waals surface area contributed by atoms with Gasteiger partial charge < -0.3 is 10.1 Å². The van der Waals surface area contributed by atoms with Crippen LogP contribution in [0.15, 0.2) is 24.3 Å². The third-order valence-corrected chi connectivity index (χ3v) is 2.99. The van der Waals surface area contributed by atoms with E-state index in [-0.39, 0.29) is 6.04 Å². The van der Waals surface area contributed by atoms with Crippen LogP contribution in [0.4, 0.5) is 13.2 Å². The molecule has 1 aromatic carbocycles. The first-order valence-electron chi connectivity index (χ1n) is 6.98. The molecular formula is C15H22F3NO. The summed E-state index contributed by atoms with van der Waals surface area (Å²) in [6, 6.07) is 5.39. The van der Waals surface area contributed by atoms with E-state index in [0.717, 1.165) is 12.5 Å². The minimum Gasteiger partial charge on any atom is -0.381 e. The first-order valence-corrected chi connectivity index (χ1v) is 6.98. The van der Waals surface area contributed by atoms with Gasteiger partial charge in [-0.05, 0) is 31.0 Å². The van der Waals surface area contributed by atoms with Gasteiger partial charge >= 0.3 is 6.18 Å². The lowest BCUT2D eigenvalue weighted by molar-refractivity contribution is -0.138. The maximum Gasteiger partial charge on any atom is 0.416 e. The molecule has 0 amide bonds. The van der Waals surface area contributed by atoms with Gasteiger partial charge in [0.2, 0.25) is 0 Å². The van der Waals surface area contributed by atoms with Crippen LogP contribution in [-0.4, -0.2) is 19.8 Å². The fourth-order valence-corrected chi connectivity index (χ4v) is 2.12. The normalized spacial score (nSPS) is 13.4. The Hall–Kier alpha value is -1.07. The number of hydrogen-bond donors (Lipinski definition) is 1. The maximum absolute atomic E-state index is 13.0. The summed E-state index contributed by atoms with van der Waals surface area (Å²) < 4.78 is 44.5. The van der Waals surface area contributed by atoms with Crippen LogP contribution in [0.5, 0.6) is 0 Å². The first-order chi connectivity index (χ1) is 9.50. The highest BCUT2D eigenvalue weighted by molar-refractivity contribution is 5.32. The van der Waals surface area contributed by atoms with Gasteiger partial charge in [-0.3, -0.25) is 0 Å². The van der Waals surface area contributed by atoms with Gasteiger partial charge in [0.05, 0.1) is 5.56 Å². The Bertz CT molecular complexity index is 393. The van der Waals surface area contributed by atoms with Crippen LogP contribution in [0.2, 0.25) is 0 Å². The van der Waals surface area contributed by atoms with Gasteiger partial charge in [-0.15, -0.1) is 0 Å². The SMILES string of the molecule is CCCOCCC(NCC)c1ccccc1C(F)(F)F. The van der Waals surface area contributed by atoms with Gasteiger partial charge in [-0.2, -0.15) is 13.2 Å². The molecule has 1 unspecified atom stereocenters. The molecule has 0 aromatic heterocycles. The number of rotatable bonds is 8. The lowest BCUT2D eigenvalue weighted by Gasteiger charge is -2.22. The molecule has 114 valence electrons. The summed E-state index contributed by atoms with van der Waals surface area (Å²) in [6.07, 6.45) is -2.89. The third-order valence-electron chi connectivity index (χ3n) is 2.99. The second kappa shape index (κ2) is 8.27. The fourth-order valence-electron chi connectivity index (χ4n) is 2.12. The molecular weight excluding hydrogens is 267 g/mol. The van der Waals surface area contributed by atoms with E-state index >= 15 is 0 Å². The molecule has 0 fully saturated rings. The molecule has 5 heteroatoms. The zero-order valence-electron chi connectivity index (χ0n) is 12.0. The Morgan fingerprint density at radius 2 is 1.85 bits per heavy atom. The van der Waals surface area contributed by atoms with Crippen molar-refractivity contribution in [2.75, 3.05) is 19.8 Å². The van der Waals surface area contributed by atoms with E-state index in [0.29, 0.717) is 31.7 Å². The van der Waals surface area contributed by atoms with Crippen LogP contribution in [0.3, 0.4) is 0 Å². The Morgan fingerprint density at radius 1 is 1.15 bits per heavy atom. The molecule has 1 N–H and O–H groups in total. The number of nitrogens with one attached hydrogen (secondary N) is 1. The average Bonchev–Trinajstić information content (AvgIpc) is 2.41. The second-order valence-electron chi connectivity index (χ2n) is 4.60. The molecule has 1 aromatic rings. The minimum atomic E-state index is -4.32. The summed E-state index contributed by atoms with van der Waals surface area (Å²) in [5, 5.41) is 3.11. The highest BCUT2D eigenvalue weighted by Gasteiger charge is 2.34. The van der Waals surface area contributed by atoms with E-state index in [1.165, 1.54) is 12.1 Å². The van der Waals surface area contributed by atoms with E-state index < -0.39 is 11.7 Å². The summed E-state index contributed by atoms with van der Waals surface area (Å²) in [7, 11) is 0. The molecule has 0 aliphatic carbocycles. The van der Waals surface area contributed by atoms with Crippen LogP contribution in [0, 0.1) is 0 Å². The highest BCUT2D eigenvalue weighted by atomic mass is 19.4.